The lowest BCUT2D eigenvalue weighted by Crippen LogP contribution is -2.09. The minimum Gasteiger partial charge on any atom is -0.477 e. The first-order chi connectivity index (χ1) is 12.2. The van der Waals surface area contributed by atoms with Crippen molar-refractivity contribution in [1.82, 2.24) is 4.57 Å². The van der Waals surface area contributed by atoms with Gasteiger partial charge >= 0.3 is 5.97 Å². The Morgan fingerprint density at radius 3 is 2.35 bits per heavy atom. The van der Waals surface area contributed by atoms with E-state index in [1.54, 1.807) is 35.0 Å². The van der Waals surface area contributed by atoms with Crippen LogP contribution in [0.5, 0.6) is 0 Å². The second-order valence-electron chi connectivity index (χ2n) is 7.17. The number of aliphatic hydroxyl groups is 1. The van der Waals surface area contributed by atoms with Gasteiger partial charge in [0, 0.05) is 12.7 Å². The van der Waals surface area contributed by atoms with E-state index in [9.17, 15) is 23.4 Å². The van der Waals surface area contributed by atoms with Gasteiger partial charge in [-0.15, -0.1) is 0 Å². The van der Waals surface area contributed by atoms with Gasteiger partial charge in [0.15, 0.2) is 9.84 Å². The van der Waals surface area contributed by atoms with Gasteiger partial charge in [0.1, 0.15) is 5.69 Å². The molecule has 140 valence electrons. The predicted molar refractivity (Wildman–Crippen MR) is 96.9 cm³/mol. The molecule has 1 saturated carbocycles. The van der Waals surface area contributed by atoms with Gasteiger partial charge in [-0.2, -0.15) is 0 Å². The number of benzene rings is 1. The molecule has 2 aromatic rings. The van der Waals surface area contributed by atoms with Crippen LogP contribution in [0.2, 0.25) is 0 Å². The molecule has 0 aliphatic heterocycles. The van der Waals surface area contributed by atoms with Crippen molar-refractivity contribution in [2.24, 2.45) is 5.92 Å². The standard InChI is InChI=1S/C19H23NO5S/c1-12(2)18(21)14-9-17(19(22)23)20(11-14)10-13-3-5-15(6-4-13)26(24,25)16-7-8-16/h3-6,9,11-12,16,18,21H,7-8,10H2,1-2H3,(H,22,23). The number of aliphatic hydroxyl groups excluding tert-OH is 1. The van der Waals surface area contributed by atoms with Crippen LogP contribution in [0.15, 0.2) is 41.4 Å². The third-order valence-electron chi connectivity index (χ3n) is 4.68. The van der Waals surface area contributed by atoms with Crippen molar-refractivity contribution < 1.29 is 23.4 Å². The summed E-state index contributed by atoms with van der Waals surface area (Å²) in [5.41, 5.74) is 1.45. The maximum absolute atomic E-state index is 12.2. The Morgan fingerprint density at radius 1 is 1.23 bits per heavy atom. The SMILES string of the molecule is CC(C)C(O)c1cc(C(=O)O)n(Cc2ccc(S(=O)(=O)C3CC3)cc2)c1. The highest BCUT2D eigenvalue weighted by Crippen LogP contribution is 2.33. The van der Waals surface area contributed by atoms with E-state index in [4.69, 9.17) is 0 Å². The number of nitrogens with zero attached hydrogens (tertiary/aromatic N) is 1. The lowest BCUT2D eigenvalue weighted by Gasteiger charge is -2.12. The van der Waals surface area contributed by atoms with Crippen molar-refractivity contribution in [2.75, 3.05) is 0 Å². The van der Waals surface area contributed by atoms with Crippen molar-refractivity contribution in [3.8, 4) is 0 Å². The summed E-state index contributed by atoms with van der Waals surface area (Å²) in [4.78, 5) is 11.8. The maximum atomic E-state index is 12.2. The molecule has 6 nitrogen and oxygen atoms in total. The van der Waals surface area contributed by atoms with Crippen LogP contribution in [0.1, 0.15) is 54.4 Å². The second-order valence-corrected chi connectivity index (χ2v) is 9.40. The van der Waals surface area contributed by atoms with Gasteiger partial charge in [0.25, 0.3) is 0 Å². The Balaban J connectivity index is 1.85. The van der Waals surface area contributed by atoms with Crippen LogP contribution in [0.25, 0.3) is 0 Å². The third kappa shape index (κ3) is 3.68. The molecule has 7 heteroatoms. The third-order valence-corrected chi connectivity index (χ3v) is 6.96. The number of carboxylic acids is 1. The average molecular weight is 377 g/mol. The molecule has 1 aliphatic carbocycles. The number of carboxylic acid groups (broad SMARTS) is 1. The first-order valence-corrected chi connectivity index (χ1v) is 10.2. The van der Waals surface area contributed by atoms with E-state index >= 15 is 0 Å². The molecule has 1 atom stereocenters. The smallest absolute Gasteiger partial charge is 0.352 e. The largest absolute Gasteiger partial charge is 0.477 e. The Kier molecular flexibility index (Phi) is 4.94. The van der Waals surface area contributed by atoms with Crippen molar-refractivity contribution in [1.29, 1.82) is 0 Å². The molecule has 1 fully saturated rings. The Hall–Kier alpha value is -2.12. The molecule has 0 saturated heterocycles. The fourth-order valence-electron chi connectivity index (χ4n) is 2.94. The summed E-state index contributed by atoms with van der Waals surface area (Å²) in [5, 5.41) is 19.4. The molecule has 1 heterocycles. The van der Waals surface area contributed by atoms with E-state index in [2.05, 4.69) is 0 Å². The molecular formula is C19H23NO5S. The molecule has 26 heavy (non-hydrogen) atoms. The summed E-state index contributed by atoms with van der Waals surface area (Å²) in [7, 11) is -3.23. The fourth-order valence-corrected chi connectivity index (χ4v) is 4.60. The van der Waals surface area contributed by atoms with Gasteiger partial charge in [-0.25, -0.2) is 13.2 Å². The average Bonchev–Trinajstić information content (AvgIpc) is 3.36. The molecule has 1 aliphatic rings. The number of rotatable bonds is 7. The summed E-state index contributed by atoms with van der Waals surface area (Å²) < 4.78 is 26.0. The molecule has 1 unspecified atom stereocenters. The Morgan fingerprint density at radius 2 is 1.85 bits per heavy atom. The topological polar surface area (TPSA) is 96.6 Å². The zero-order valence-electron chi connectivity index (χ0n) is 14.8. The summed E-state index contributed by atoms with van der Waals surface area (Å²) in [6, 6.07) is 8.06. The molecule has 2 N–H and O–H groups in total. The normalized spacial score (nSPS) is 16.0. The van der Waals surface area contributed by atoms with Crippen molar-refractivity contribution in [2.45, 2.75) is 49.5 Å². The zero-order valence-corrected chi connectivity index (χ0v) is 15.6. The Bertz CT molecular complexity index is 908. The van der Waals surface area contributed by atoms with Gasteiger partial charge < -0.3 is 14.8 Å². The lowest BCUT2D eigenvalue weighted by atomic mass is 10.0. The van der Waals surface area contributed by atoms with Crippen LogP contribution in [0.3, 0.4) is 0 Å². The van der Waals surface area contributed by atoms with E-state index in [-0.39, 0.29) is 23.4 Å². The van der Waals surface area contributed by atoms with E-state index in [0.29, 0.717) is 10.5 Å². The van der Waals surface area contributed by atoms with Gasteiger partial charge in [0.2, 0.25) is 0 Å². The van der Waals surface area contributed by atoms with E-state index < -0.39 is 21.9 Å². The van der Waals surface area contributed by atoms with Crippen molar-refractivity contribution >= 4 is 15.8 Å². The van der Waals surface area contributed by atoms with Crippen LogP contribution in [-0.2, 0) is 16.4 Å². The van der Waals surface area contributed by atoms with E-state index in [0.717, 1.165) is 18.4 Å². The number of sulfone groups is 1. The Labute approximate surface area is 153 Å². The van der Waals surface area contributed by atoms with Gasteiger partial charge in [0.05, 0.1) is 16.2 Å². The number of hydrogen-bond acceptors (Lipinski definition) is 4. The minimum absolute atomic E-state index is 0.0283. The lowest BCUT2D eigenvalue weighted by molar-refractivity contribution is 0.0685. The molecule has 1 aromatic carbocycles. The van der Waals surface area contributed by atoms with E-state index in [1.807, 2.05) is 13.8 Å². The number of hydrogen-bond donors (Lipinski definition) is 2. The van der Waals surface area contributed by atoms with Gasteiger partial charge in [-0.05, 0) is 48.1 Å². The van der Waals surface area contributed by atoms with Crippen LogP contribution in [0, 0.1) is 5.92 Å². The molecule has 3 rings (SSSR count). The van der Waals surface area contributed by atoms with Crippen molar-refractivity contribution in [3.63, 3.8) is 0 Å². The summed E-state index contributed by atoms with van der Waals surface area (Å²) in [5.74, 6) is -1.10. The van der Waals surface area contributed by atoms with Crippen LogP contribution < -0.4 is 0 Å². The van der Waals surface area contributed by atoms with Gasteiger partial charge in [-0.3, -0.25) is 0 Å². The highest BCUT2D eigenvalue weighted by molar-refractivity contribution is 7.92. The van der Waals surface area contributed by atoms with Crippen molar-refractivity contribution in [3.05, 3.63) is 53.3 Å². The van der Waals surface area contributed by atoms with Crippen LogP contribution in [0.4, 0.5) is 0 Å². The number of aromatic carboxylic acids is 1. The highest BCUT2D eigenvalue weighted by Gasteiger charge is 2.36. The monoisotopic (exact) mass is 377 g/mol. The number of aromatic nitrogens is 1. The zero-order chi connectivity index (χ0) is 19.1. The molecule has 0 spiro atoms. The van der Waals surface area contributed by atoms with Gasteiger partial charge in [-0.1, -0.05) is 26.0 Å². The predicted octanol–water partition coefficient (Wildman–Crippen LogP) is 2.86. The first-order valence-electron chi connectivity index (χ1n) is 8.64. The first kappa shape index (κ1) is 18.7. The highest BCUT2D eigenvalue weighted by atomic mass is 32.2. The summed E-state index contributed by atoms with van der Waals surface area (Å²) in [6.45, 7) is 4.01. The summed E-state index contributed by atoms with van der Waals surface area (Å²) >= 11 is 0. The molecule has 0 radical (unpaired) electrons. The fraction of sp³-hybridized carbons (Fsp3) is 0.421. The summed E-state index contributed by atoms with van der Waals surface area (Å²) in [6.07, 6.45) is 2.34. The second kappa shape index (κ2) is 6.89. The maximum Gasteiger partial charge on any atom is 0.352 e. The molecule has 0 bridgehead atoms. The molecule has 0 amide bonds. The molecule has 1 aromatic heterocycles. The quantitative estimate of drug-likeness (QED) is 0.773. The molecular weight excluding hydrogens is 354 g/mol. The number of carbonyl (C=O) groups is 1. The van der Waals surface area contributed by atoms with E-state index in [1.165, 1.54) is 6.07 Å². The van der Waals surface area contributed by atoms with Crippen LogP contribution in [-0.4, -0.2) is 34.4 Å². The minimum atomic E-state index is -3.23. The van der Waals surface area contributed by atoms with Crippen LogP contribution >= 0.6 is 0 Å².